The van der Waals surface area contributed by atoms with E-state index >= 15 is 0 Å². The molecule has 3 amide bonds. The summed E-state index contributed by atoms with van der Waals surface area (Å²) in [6.07, 6.45) is 2.27. The molecule has 1 aromatic heterocycles. The number of aromatic amines is 1. The summed E-state index contributed by atoms with van der Waals surface area (Å²) in [4.78, 5) is 28.6. The number of aromatic nitrogens is 1. The molecule has 122 valence electrons. The number of hydrogen-bond acceptors (Lipinski definition) is 3. The first-order valence-corrected chi connectivity index (χ1v) is 7.49. The third-order valence-electron chi connectivity index (χ3n) is 4.07. The number of halogens is 1. The van der Waals surface area contributed by atoms with Gasteiger partial charge in [0.05, 0.1) is 29.8 Å². The predicted octanol–water partition coefficient (Wildman–Crippen LogP) is 2.32. The molecule has 0 spiro atoms. The van der Waals surface area contributed by atoms with Crippen LogP contribution in [0.1, 0.15) is 13.0 Å². The van der Waals surface area contributed by atoms with Crippen LogP contribution in [-0.4, -0.2) is 47.1 Å². The van der Waals surface area contributed by atoms with Gasteiger partial charge in [0, 0.05) is 18.0 Å². The van der Waals surface area contributed by atoms with E-state index in [9.17, 15) is 9.59 Å². The fourth-order valence-electron chi connectivity index (χ4n) is 2.83. The van der Waals surface area contributed by atoms with Crippen LogP contribution >= 0.6 is 11.6 Å². The number of amides is 3. The minimum absolute atomic E-state index is 0. The molecule has 3 heterocycles. The van der Waals surface area contributed by atoms with Crippen LogP contribution in [0.3, 0.4) is 0 Å². The van der Waals surface area contributed by atoms with E-state index in [1.54, 1.807) is 0 Å². The molecule has 23 heavy (non-hydrogen) atoms. The zero-order chi connectivity index (χ0) is 15.3. The number of benzene rings is 1. The first-order chi connectivity index (χ1) is 10.6. The van der Waals surface area contributed by atoms with Gasteiger partial charge in [-0.2, -0.15) is 0 Å². The van der Waals surface area contributed by atoms with Gasteiger partial charge in [-0.05, 0) is 11.6 Å². The minimum Gasteiger partial charge on any atom is -0.371 e. The normalized spacial score (nSPS) is 23.1. The number of para-hydroxylation sites is 1. The van der Waals surface area contributed by atoms with Gasteiger partial charge in [-0.15, -0.1) is 0 Å². The van der Waals surface area contributed by atoms with Gasteiger partial charge in [0.25, 0.3) is 5.91 Å². The van der Waals surface area contributed by atoms with Crippen molar-refractivity contribution in [1.82, 2.24) is 15.2 Å². The Kier molecular flexibility index (Phi) is 4.04. The Bertz CT molecular complexity index is 769. The quantitative estimate of drug-likeness (QED) is 0.665. The van der Waals surface area contributed by atoms with Crippen LogP contribution in [0.25, 0.3) is 10.9 Å². The largest absolute Gasteiger partial charge is 0.371 e. The number of nitrogens with zero attached hydrogens (tertiary/aromatic N) is 1. The van der Waals surface area contributed by atoms with Crippen LogP contribution in [-0.2, 0) is 16.0 Å². The average molecular weight is 336 g/mol. The standard InChI is InChI=1S/C15H14ClN3O3.CH4/c16-11-3-1-2-10-8(5-17-13(10)11)4-12-14(20)19(15(21)18-12)6-9-7-22-9;/h1-3,5,9,12,17H,4,6-7H2,(H,18,21);1H4/t9?,12-;/m1./s1. The Morgan fingerprint density at radius 1 is 1.35 bits per heavy atom. The molecule has 1 aromatic carbocycles. The molecule has 2 aliphatic heterocycles. The van der Waals surface area contributed by atoms with Crippen molar-refractivity contribution in [2.24, 2.45) is 0 Å². The monoisotopic (exact) mass is 335 g/mol. The van der Waals surface area contributed by atoms with Gasteiger partial charge in [0.2, 0.25) is 0 Å². The van der Waals surface area contributed by atoms with Crippen LogP contribution in [0.5, 0.6) is 0 Å². The molecule has 7 heteroatoms. The molecule has 2 saturated heterocycles. The number of rotatable bonds is 4. The summed E-state index contributed by atoms with van der Waals surface area (Å²) in [6, 6.07) is 4.75. The highest BCUT2D eigenvalue weighted by Gasteiger charge is 2.41. The molecule has 0 bridgehead atoms. The zero-order valence-electron chi connectivity index (χ0n) is 11.6. The summed E-state index contributed by atoms with van der Waals surface area (Å²) >= 11 is 6.14. The Labute approximate surface area is 138 Å². The van der Waals surface area contributed by atoms with Gasteiger partial charge in [-0.1, -0.05) is 31.2 Å². The van der Waals surface area contributed by atoms with Gasteiger partial charge in [-0.25, -0.2) is 4.79 Å². The molecular formula is C16H18ClN3O3. The van der Waals surface area contributed by atoms with Gasteiger partial charge >= 0.3 is 6.03 Å². The SMILES string of the molecule is C.O=C1N[C@H](Cc2c[nH]c3c(Cl)cccc23)C(=O)N1CC1CO1. The average Bonchev–Trinajstić information content (AvgIpc) is 3.17. The molecule has 6 nitrogen and oxygen atoms in total. The number of urea groups is 1. The topological polar surface area (TPSA) is 77.7 Å². The number of nitrogens with one attached hydrogen (secondary N) is 2. The Morgan fingerprint density at radius 2 is 2.13 bits per heavy atom. The first kappa shape index (κ1) is 15.8. The fraction of sp³-hybridized carbons (Fsp3) is 0.375. The first-order valence-electron chi connectivity index (χ1n) is 7.11. The minimum atomic E-state index is -0.538. The molecule has 2 atom stereocenters. The van der Waals surface area contributed by atoms with Crippen molar-refractivity contribution in [2.45, 2.75) is 26.0 Å². The van der Waals surface area contributed by atoms with E-state index in [4.69, 9.17) is 16.3 Å². The second kappa shape index (κ2) is 5.86. The maximum absolute atomic E-state index is 12.4. The molecule has 2 aliphatic rings. The van der Waals surface area contributed by atoms with Crippen molar-refractivity contribution in [3.63, 3.8) is 0 Å². The lowest BCUT2D eigenvalue weighted by molar-refractivity contribution is -0.127. The number of epoxide rings is 1. The fourth-order valence-corrected chi connectivity index (χ4v) is 3.06. The maximum Gasteiger partial charge on any atom is 0.324 e. The molecule has 2 aromatic rings. The lowest BCUT2D eigenvalue weighted by Gasteiger charge is -2.10. The molecule has 4 rings (SSSR count). The Balaban J connectivity index is 0.00000156. The van der Waals surface area contributed by atoms with E-state index in [1.165, 1.54) is 4.90 Å². The molecule has 0 aliphatic carbocycles. The van der Waals surface area contributed by atoms with E-state index in [1.807, 2.05) is 24.4 Å². The van der Waals surface area contributed by atoms with Crippen LogP contribution < -0.4 is 5.32 Å². The molecule has 0 radical (unpaired) electrons. The van der Waals surface area contributed by atoms with Crippen LogP contribution in [0.2, 0.25) is 5.02 Å². The van der Waals surface area contributed by atoms with Gasteiger partial charge in [0.1, 0.15) is 6.04 Å². The summed E-state index contributed by atoms with van der Waals surface area (Å²) in [5.41, 5.74) is 1.81. The highest BCUT2D eigenvalue weighted by Crippen LogP contribution is 2.27. The smallest absolute Gasteiger partial charge is 0.324 e. The van der Waals surface area contributed by atoms with E-state index < -0.39 is 6.04 Å². The summed E-state index contributed by atoms with van der Waals surface area (Å²) < 4.78 is 5.09. The molecule has 1 unspecified atom stereocenters. The van der Waals surface area contributed by atoms with Crippen molar-refractivity contribution in [3.05, 3.63) is 35.0 Å². The van der Waals surface area contributed by atoms with E-state index in [0.717, 1.165) is 16.5 Å². The Hall–Kier alpha value is -2.05. The highest BCUT2D eigenvalue weighted by atomic mass is 35.5. The second-order valence-corrected chi connectivity index (χ2v) is 5.99. The van der Waals surface area contributed by atoms with Crippen molar-refractivity contribution in [3.8, 4) is 0 Å². The van der Waals surface area contributed by atoms with Crippen LogP contribution in [0.4, 0.5) is 4.79 Å². The number of imide groups is 1. The summed E-state index contributed by atoms with van der Waals surface area (Å²) in [7, 11) is 0. The zero-order valence-corrected chi connectivity index (χ0v) is 12.4. The van der Waals surface area contributed by atoms with Crippen molar-refractivity contribution >= 4 is 34.4 Å². The molecule has 2 fully saturated rings. The number of fused-ring (bicyclic) bond motifs is 1. The number of carbonyl (C=O) groups is 2. The molecule has 0 saturated carbocycles. The summed E-state index contributed by atoms with van der Waals surface area (Å²) in [5, 5.41) is 4.35. The second-order valence-electron chi connectivity index (χ2n) is 5.59. The van der Waals surface area contributed by atoms with Gasteiger partial charge in [0.15, 0.2) is 0 Å². The number of hydrogen-bond donors (Lipinski definition) is 2. The van der Waals surface area contributed by atoms with E-state index in [2.05, 4.69) is 10.3 Å². The van der Waals surface area contributed by atoms with E-state index in [0.29, 0.717) is 24.6 Å². The van der Waals surface area contributed by atoms with Gasteiger partial charge < -0.3 is 15.0 Å². The van der Waals surface area contributed by atoms with Crippen LogP contribution in [0.15, 0.2) is 24.4 Å². The lowest BCUT2D eigenvalue weighted by Crippen LogP contribution is -2.35. The highest BCUT2D eigenvalue weighted by molar-refractivity contribution is 6.35. The summed E-state index contributed by atoms with van der Waals surface area (Å²) in [6.45, 7) is 0.948. The van der Waals surface area contributed by atoms with Crippen molar-refractivity contribution < 1.29 is 14.3 Å². The van der Waals surface area contributed by atoms with Crippen molar-refractivity contribution in [1.29, 1.82) is 0 Å². The van der Waals surface area contributed by atoms with E-state index in [-0.39, 0.29) is 25.5 Å². The Morgan fingerprint density at radius 3 is 2.87 bits per heavy atom. The number of ether oxygens (including phenoxy) is 1. The van der Waals surface area contributed by atoms with Crippen molar-refractivity contribution in [2.75, 3.05) is 13.2 Å². The van der Waals surface area contributed by atoms with Gasteiger partial charge in [-0.3, -0.25) is 9.69 Å². The predicted molar refractivity (Wildman–Crippen MR) is 87.5 cm³/mol. The molecule has 2 N–H and O–H groups in total. The summed E-state index contributed by atoms with van der Waals surface area (Å²) in [5.74, 6) is -0.197. The van der Waals surface area contributed by atoms with Crippen LogP contribution in [0, 0.1) is 0 Å². The maximum atomic E-state index is 12.4. The molecular weight excluding hydrogens is 318 g/mol. The third kappa shape index (κ3) is 2.80. The third-order valence-corrected chi connectivity index (χ3v) is 4.38. The number of carbonyl (C=O) groups excluding carboxylic acids is 2. The lowest BCUT2D eigenvalue weighted by atomic mass is 10.1. The number of H-pyrrole nitrogens is 1.